The molecule has 2 rings (SSSR count). The second-order valence-electron chi connectivity index (χ2n) is 6.82. The summed E-state index contributed by atoms with van der Waals surface area (Å²) in [4.78, 5) is 0. The Kier molecular flexibility index (Phi) is 5.10. The molecule has 0 aliphatic heterocycles. The first-order chi connectivity index (χ1) is 9.81. The van der Waals surface area contributed by atoms with Crippen molar-refractivity contribution in [1.82, 2.24) is 5.32 Å². The van der Waals surface area contributed by atoms with Crippen LogP contribution < -0.4 is 5.32 Å². The zero-order valence-corrected chi connectivity index (χ0v) is 14.1. The van der Waals surface area contributed by atoms with Crippen LogP contribution in [0.1, 0.15) is 51.0 Å². The summed E-state index contributed by atoms with van der Waals surface area (Å²) >= 11 is 0. The van der Waals surface area contributed by atoms with Gasteiger partial charge in [0.25, 0.3) is 0 Å². The highest BCUT2D eigenvalue weighted by molar-refractivity contribution is 7.92. The first-order valence-electron chi connectivity index (χ1n) is 7.79. The lowest BCUT2D eigenvalue weighted by atomic mass is 9.80. The lowest BCUT2D eigenvalue weighted by Crippen LogP contribution is -2.47. The highest BCUT2D eigenvalue weighted by atomic mass is 32.2. The molecule has 21 heavy (non-hydrogen) atoms. The molecule has 0 heterocycles. The van der Waals surface area contributed by atoms with E-state index in [2.05, 4.69) is 29.6 Å². The summed E-state index contributed by atoms with van der Waals surface area (Å²) in [5.41, 5.74) is 1.37. The topological polar surface area (TPSA) is 46.2 Å². The Balaban J connectivity index is 2.07. The van der Waals surface area contributed by atoms with Crippen LogP contribution in [0.2, 0.25) is 0 Å². The summed E-state index contributed by atoms with van der Waals surface area (Å²) < 4.78 is 23.0. The van der Waals surface area contributed by atoms with Crippen LogP contribution in [-0.4, -0.2) is 32.0 Å². The average Bonchev–Trinajstić information content (AvgIpc) is 2.45. The molecule has 118 valence electrons. The summed E-state index contributed by atoms with van der Waals surface area (Å²) in [7, 11) is -3.05. The van der Waals surface area contributed by atoms with Crippen LogP contribution in [0.3, 0.4) is 0 Å². The predicted octanol–water partition coefficient (Wildman–Crippen LogP) is 3.13. The van der Waals surface area contributed by atoms with Crippen LogP contribution in [0.4, 0.5) is 0 Å². The first kappa shape index (κ1) is 16.5. The summed E-state index contributed by atoms with van der Waals surface area (Å²) in [6.07, 6.45) is 6.11. The summed E-state index contributed by atoms with van der Waals surface area (Å²) in [6.45, 7) is 4.12. The van der Waals surface area contributed by atoms with Gasteiger partial charge in [-0.1, -0.05) is 43.2 Å². The van der Waals surface area contributed by atoms with E-state index in [1.54, 1.807) is 13.8 Å². The van der Waals surface area contributed by atoms with Crippen molar-refractivity contribution in [2.75, 3.05) is 12.8 Å². The molecule has 2 unspecified atom stereocenters. The summed E-state index contributed by atoms with van der Waals surface area (Å²) in [6, 6.07) is 11.0. The molecule has 0 bridgehead atoms. The number of rotatable bonds is 5. The molecule has 0 amide bonds. The maximum Gasteiger partial charge on any atom is 0.153 e. The first-order valence-corrected chi connectivity index (χ1v) is 9.68. The average molecular weight is 309 g/mol. The Bertz CT molecular complexity index is 551. The van der Waals surface area contributed by atoms with Crippen molar-refractivity contribution in [3.63, 3.8) is 0 Å². The summed E-state index contributed by atoms with van der Waals surface area (Å²) in [5.74, 6) is 0.496. The van der Waals surface area contributed by atoms with E-state index in [0.717, 1.165) is 6.42 Å². The molecule has 1 aromatic carbocycles. The van der Waals surface area contributed by atoms with E-state index in [9.17, 15) is 8.42 Å². The van der Waals surface area contributed by atoms with Gasteiger partial charge in [0.2, 0.25) is 0 Å². The van der Waals surface area contributed by atoms with Crippen molar-refractivity contribution in [3.05, 3.63) is 35.9 Å². The zero-order chi connectivity index (χ0) is 15.5. The molecule has 1 saturated carbocycles. The van der Waals surface area contributed by atoms with E-state index in [4.69, 9.17) is 0 Å². The molecule has 0 radical (unpaired) electrons. The van der Waals surface area contributed by atoms with E-state index in [1.807, 2.05) is 6.07 Å². The molecule has 1 fully saturated rings. The maximum absolute atomic E-state index is 11.8. The fourth-order valence-corrected chi connectivity index (χ4v) is 3.33. The number of hydrogen-bond acceptors (Lipinski definition) is 3. The molecule has 1 aliphatic carbocycles. The highest BCUT2D eigenvalue weighted by Gasteiger charge is 2.33. The van der Waals surface area contributed by atoms with Gasteiger partial charge < -0.3 is 5.32 Å². The van der Waals surface area contributed by atoms with Gasteiger partial charge in [0, 0.05) is 18.8 Å². The summed E-state index contributed by atoms with van der Waals surface area (Å²) in [5, 5.41) is 3.54. The zero-order valence-electron chi connectivity index (χ0n) is 13.3. The van der Waals surface area contributed by atoms with Gasteiger partial charge >= 0.3 is 0 Å². The molecular weight excluding hydrogens is 282 g/mol. The third-order valence-electron chi connectivity index (χ3n) is 4.79. The van der Waals surface area contributed by atoms with Gasteiger partial charge in [-0.3, -0.25) is 0 Å². The fourth-order valence-electron chi connectivity index (χ4n) is 2.98. The van der Waals surface area contributed by atoms with E-state index in [0.29, 0.717) is 18.5 Å². The van der Waals surface area contributed by atoms with Crippen LogP contribution in [-0.2, 0) is 9.84 Å². The van der Waals surface area contributed by atoms with Gasteiger partial charge in [-0.15, -0.1) is 0 Å². The van der Waals surface area contributed by atoms with Gasteiger partial charge in [0.1, 0.15) is 0 Å². The number of benzene rings is 1. The third kappa shape index (κ3) is 4.07. The van der Waals surface area contributed by atoms with Crippen molar-refractivity contribution in [2.24, 2.45) is 0 Å². The Morgan fingerprint density at radius 1 is 1.14 bits per heavy atom. The lowest BCUT2D eigenvalue weighted by molar-refractivity contribution is 0.319. The minimum Gasteiger partial charge on any atom is -0.312 e. The molecule has 4 heteroatoms. The van der Waals surface area contributed by atoms with Crippen LogP contribution >= 0.6 is 0 Å². The lowest BCUT2D eigenvalue weighted by Gasteiger charge is -2.35. The molecule has 2 atom stereocenters. The van der Waals surface area contributed by atoms with Crippen LogP contribution in [0.15, 0.2) is 30.3 Å². The number of nitrogens with one attached hydrogen (secondary N) is 1. The highest BCUT2D eigenvalue weighted by Crippen LogP contribution is 2.33. The molecule has 1 N–H and O–H groups in total. The van der Waals surface area contributed by atoms with Crippen molar-refractivity contribution < 1.29 is 8.42 Å². The number of hydrogen-bond donors (Lipinski definition) is 1. The Morgan fingerprint density at radius 2 is 1.76 bits per heavy atom. The second kappa shape index (κ2) is 6.49. The molecule has 3 nitrogen and oxygen atoms in total. The quantitative estimate of drug-likeness (QED) is 0.909. The van der Waals surface area contributed by atoms with E-state index < -0.39 is 14.6 Å². The van der Waals surface area contributed by atoms with Crippen LogP contribution in [0, 0.1) is 0 Å². The van der Waals surface area contributed by atoms with Gasteiger partial charge in [-0.25, -0.2) is 8.42 Å². The van der Waals surface area contributed by atoms with E-state index in [1.165, 1.54) is 31.1 Å². The van der Waals surface area contributed by atoms with Crippen LogP contribution in [0.5, 0.6) is 0 Å². The molecule has 0 spiro atoms. The van der Waals surface area contributed by atoms with Crippen molar-refractivity contribution in [1.29, 1.82) is 0 Å². The van der Waals surface area contributed by atoms with Gasteiger partial charge in [0.05, 0.1) is 4.75 Å². The van der Waals surface area contributed by atoms with Crippen molar-refractivity contribution in [3.8, 4) is 0 Å². The monoisotopic (exact) mass is 309 g/mol. The largest absolute Gasteiger partial charge is 0.312 e. The normalized spacial score (nSPS) is 24.0. The SMILES string of the molecule is CC(C)(CNC1CCCCC1c1ccccc1)S(C)(=O)=O. The Hall–Kier alpha value is -0.870. The third-order valence-corrected chi connectivity index (χ3v) is 6.94. The van der Waals surface area contributed by atoms with Gasteiger partial charge in [-0.2, -0.15) is 0 Å². The van der Waals surface area contributed by atoms with E-state index >= 15 is 0 Å². The Labute approximate surface area is 129 Å². The Morgan fingerprint density at radius 3 is 2.38 bits per heavy atom. The smallest absolute Gasteiger partial charge is 0.153 e. The van der Waals surface area contributed by atoms with Gasteiger partial charge in [-0.05, 0) is 38.2 Å². The fraction of sp³-hybridized carbons (Fsp3) is 0.647. The van der Waals surface area contributed by atoms with E-state index in [-0.39, 0.29) is 0 Å². The van der Waals surface area contributed by atoms with Crippen LogP contribution in [0.25, 0.3) is 0 Å². The molecule has 0 saturated heterocycles. The number of sulfone groups is 1. The minimum absolute atomic E-state index is 0.377. The van der Waals surface area contributed by atoms with Gasteiger partial charge in [0.15, 0.2) is 9.84 Å². The molecule has 1 aromatic rings. The standard InChI is InChI=1S/C17H27NO2S/c1-17(2,21(3,19)20)13-18-16-12-8-7-11-15(16)14-9-5-4-6-10-14/h4-6,9-10,15-16,18H,7-8,11-13H2,1-3H3. The maximum atomic E-state index is 11.8. The second-order valence-corrected chi connectivity index (χ2v) is 9.47. The minimum atomic E-state index is -3.05. The molecule has 1 aliphatic rings. The molecular formula is C17H27NO2S. The molecule has 0 aromatic heterocycles. The van der Waals surface area contributed by atoms with Crippen molar-refractivity contribution >= 4 is 9.84 Å². The van der Waals surface area contributed by atoms with Crippen molar-refractivity contribution in [2.45, 2.75) is 56.2 Å². The predicted molar refractivity (Wildman–Crippen MR) is 88.4 cm³/mol.